The van der Waals surface area contributed by atoms with Crippen molar-refractivity contribution < 1.29 is 24.0 Å². The molecule has 1 heterocycles. The lowest BCUT2D eigenvalue weighted by Crippen LogP contribution is -3.00. The fourth-order valence-electron chi connectivity index (χ4n) is 4.68. The standard InChI is InChI=1S/C32H29N2OPS.HI/c1-3-23-37-32-29(31(35)33-30(34-32)25-21-19-24(2)20-22-25)36(26-13-7-4-8-14-26,27-15-9-5-10-16-27)28-17-11-6-12-18-28;/h4-22H,3,23H2,1-2H3;1H. The molecule has 0 unspecified atom stereocenters. The van der Waals surface area contributed by atoms with Gasteiger partial charge in [0.15, 0.2) is 7.26 Å². The molecular formula is C32H30IN2OPS. The highest BCUT2D eigenvalue weighted by molar-refractivity contribution is 8.04. The summed E-state index contributed by atoms with van der Waals surface area (Å²) in [6.07, 6.45) is 0.992. The van der Waals surface area contributed by atoms with Gasteiger partial charge in [-0.1, -0.05) is 91.3 Å². The summed E-state index contributed by atoms with van der Waals surface area (Å²) >= 11 is 1.68. The van der Waals surface area contributed by atoms with E-state index in [2.05, 4.69) is 104 Å². The third-order valence-corrected chi connectivity index (χ3v) is 12.0. The predicted octanol–water partition coefficient (Wildman–Crippen LogP) is 2.87. The molecule has 0 aliphatic heterocycles. The summed E-state index contributed by atoms with van der Waals surface area (Å²) < 4.78 is 0. The minimum atomic E-state index is -2.57. The van der Waals surface area contributed by atoms with E-state index in [-0.39, 0.29) is 29.5 Å². The van der Waals surface area contributed by atoms with Gasteiger partial charge in [0.1, 0.15) is 26.8 Å². The van der Waals surface area contributed by atoms with Crippen molar-refractivity contribution in [2.24, 2.45) is 0 Å². The summed E-state index contributed by atoms with van der Waals surface area (Å²) in [7, 11) is -2.57. The second-order valence-corrected chi connectivity index (χ2v) is 13.4. The zero-order valence-corrected chi connectivity index (χ0v) is 25.3. The maximum atomic E-state index is 14.3. The number of aromatic amines is 1. The Morgan fingerprint density at radius 2 is 1.21 bits per heavy atom. The first-order valence-electron chi connectivity index (χ1n) is 12.5. The third kappa shape index (κ3) is 5.51. The van der Waals surface area contributed by atoms with E-state index in [9.17, 15) is 4.79 Å². The normalized spacial score (nSPS) is 11.1. The molecule has 5 rings (SSSR count). The van der Waals surface area contributed by atoms with Crippen molar-refractivity contribution >= 4 is 40.2 Å². The van der Waals surface area contributed by atoms with E-state index >= 15 is 0 Å². The number of nitrogens with zero attached hydrogens (tertiary/aromatic N) is 1. The Morgan fingerprint density at radius 1 is 0.737 bits per heavy atom. The van der Waals surface area contributed by atoms with Crippen LogP contribution < -0.4 is 50.8 Å². The number of nitrogens with one attached hydrogen (secondary N) is 1. The highest BCUT2D eigenvalue weighted by Crippen LogP contribution is 2.54. The Morgan fingerprint density at radius 3 is 1.66 bits per heavy atom. The van der Waals surface area contributed by atoms with Crippen molar-refractivity contribution in [2.45, 2.75) is 25.3 Å². The van der Waals surface area contributed by atoms with Crippen LogP contribution in [0.1, 0.15) is 18.9 Å². The van der Waals surface area contributed by atoms with E-state index in [1.54, 1.807) is 11.8 Å². The number of rotatable bonds is 8. The lowest BCUT2D eigenvalue weighted by molar-refractivity contribution is -0.00000742. The monoisotopic (exact) mass is 648 g/mol. The van der Waals surface area contributed by atoms with Crippen molar-refractivity contribution in [3.63, 3.8) is 0 Å². The molecule has 0 aliphatic carbocycles. The van der Waals surface area contributed by atoms with E-state index in [0.29, 0.717) is 5.82 Å². The predicted molar refractivity (Wildman–Crippen MR) is 161 cm³/mol. The molecule has 0 spiro atoms. The fourth-order valence-corrected chi connectivity index (χ4v) is 10.3. The van der Waals surface area contributed by atoms with E-state index < -0.39 is 7.26 Å². The molecule has 0 bridgehead atoms. The number of hydrogen-bond acceptors (Lipinski definition) is 3. The second-order valence-electron chi connectivity index (χ2n) is 8.96. The Hall–Kier alpha value is -2.73. The molecule has 3 nitrogen and oxygen atoms in total. The number of halogens is 1. The van der Waals surface area contributed by atoms with Gasteiger partial charge in [0, 0.05) is 5.56 Å². The molecule has 1 N–H and O–H groups in total. The quantitative estimate of drug-likeness (QED) is 0.122. The van der Waals surface area contributed by atoms with Crippen molar-refractivity contribution in [1.29, 1.82) is 0 Å². The van der Waals surface area contributed by atoms with Crippen LogP contribution in [0.25, 0.3) is 11.4 Å². The summed E-state index contributed by atoms with van der Waals surface area (Å²) in [5.41, 5.74) is 2.01. The van der Waals surface area contributed by atoms with Crippen LogP contribution in [0, 0.1) is 6.92 Å². The lowest BCUT2D eigenvalue weighted by atomic mass is 10.1. The van der Waals surface area contributed by atoms with Gasteiger partial charge in [-0.15, -0.1) is 11.8 Å². The molecule has 0 radical (unpaired) electrons. The van der Waals surface area contributed by atoms with Gasteiger partial charge in [-0.3, -0.25) is 4.79 Å². The Labute approximate surface area is 246 Å². The molecule has 0 aliphatic rings. The minimum absolute atomic E-state index is 0. The van der Waals surface area contributed by atoms with Gasteiger partial charge >= 0.3 is 0 Å². The summed E-state index contributed by atoms with van der Waals surface area (Å²) in [4.78, 5) is 22.7. The van der Waals surface area contributed by atoms with Crippen LogP contribution in [-0.4, -0.2) is 15.7 Å². The van der Waals surface area contributed by atoms with Crippen LogP contribution in [0.2, 0.25) is 0 Å². The Kier molecular flexibility index (Phi) is 9.59. The Balaban J connectivity index is 0.00000336. The smallest absolute Gasteiger partial charge is 0.296 e. The maximum absolute atomic E-state index is 14.3. The molecule has 0 saturated heterocycles. The molecule has 0 atom stereocenters. The first kappa shape index (κ1) is 28.3. The second kappa shape index (κ2) is 12.9. The highest BCUT2D eigenvalue weighted by Gasteiger charge is 2.52. The van der Waals surface area contributed by atoms with Crippen LogP contribution in [0.15, 0.2) is 125 Å². The van der Waals surface area contributed by atoms with Crippen LogP contribution in [0.4, 0.5) is 0 Å². The molecule has 1 aromatic heterocycles. The maximum Gasteiger partial charge on any atom is 0.296 e. The molecule has 38 heavy (non-hydrogen) atoms. The Bertz CT molecular complexity index is 1430. The first-order chi connectivity index (χ1) is 18.1. The van der Waals surface area contributed by atoms with Crippen LogP contribution in [0.5, 0.6) is 0 Å². The van der Waals surface area contributed by atoms with Crippen molar-refractivity contribution in [3.8, 4) is 11.4 Å². The molecular weight excluding hydrogens is 618 g/mol. The summed E-state index contributed by atoms with van der Waals surface area (Å²) in [6, 6.07) is 39.6. The van der Waals surface area contributed by atoms with Crippen LogP contribution in [0.3, 0.4) is 0 Å². The number of aryl methyl sites for hydroxylation is 1. The largest absolute Gasteiger partial charge is 1.00 e. The lowest BCUT2D eigenvalue weighted by Gasteiger charge is -2.28. The van der Waals surface area contributed by atoms with Crippen molar-refractivity contribution in [2.75, 3.05) is 5.75 Å². The van der Waals surface area contributed by atoms with E-state index in [0.717, 1.165) is 44.0 Å². The third-order valence-electron chi connectivity index (χ3n) is 6.40. The van der Waals surface area contributed by atoms with Gasteiger partial charge in [-0.2, -0.15) is 0 Å². The van der Waals surface area contributed by atoms with Gasteiger partial charge in [0.05, 0.1) is 0 Å². The van der Waals surface area contributed by atoms with E-state index in [1.165, 1.54) is 5.56 Å². The van der Waals surface area contributed by atoms with E-state index in [1.807, 2.05) is 30.3 Å². The summed E-state index contributed by atoms with van der Waals surface area (Å²) in [5.74, 6) is 1.49. The summed E-state index contributed by atoms with van der Waals surface area (Å²) in [5, 5.41) is 5.00. The zero-order chi connectivity index (χ0) is 25.7. The van der Waals surface area contributed by atoms with Gasteiger partial charge in [-0.25, -0.2) is 4.98 Å². The van der Waals surface area contributed by atoms with Crippen molar-refractivity contribution in [1.82, 2.24) is 9.97 Å². The van der Waals surface area contributed by atoms with Crippen LogP contribution in [-0.2, 0) is 0 Å². The number of thioether (sulfide) groups is 1. The fraction of sp³-hybridized carbons (Fsp3) is 0.125. The molecule has 0 amide bonds. The SMILES string of the molecule is CCCSc1nc(-c2ccc(C)cc2)[nH]c(=O)c1[P+](c1ccccc1)(c1ccccc1)c1ccccc1.[I-]. The van der Waals surface area contributed by atoms with Gasteiger partial charge < -0.3 is 29.0 Å². The molecule has 4 aromatic carbocycles. The van der Waals surface area contributed by atoms with Gasteiger partial charge in [0.25, 0.3) is 5.56 Å². The topological polar surface area (TPSA) is 45.8 Å². The van der Waals surface area contributed by atoms with Gasteiger partial charge in [0.2, 0.25) is 5.30 Å². The summed E-state index contributed by atoms with van der Waals surface area (Å²) in [6.45, 7) is 4.22. The van der Waals surface area contributed by atoms with Gasteiger partial charge in [-0.05, 0) is 55.5 Å². The van der Waals surface area contributed by atoms with Crippen molar-refractivity contribution in [3.05, 3.63) is 131 Å². The highest BCUT2D eigenvalue weighted by atomic mass is 127. The molecule has 5 aromatic rings. The molecule has 0 fully saturated rings. The average Bonchev–Trinajstić information content (AvgIpc) is 2.95. The molecule has 6 heteroatoms. The zero-order valence-electron chi connectivity index (χ0n) is 21.5. The molecule has 192 valence electrons. The average molecular weight is 649 g/mol. The van der Waals surface area contributed by atoms with Crippen LogP contribution >= 0.6 is 19.0 Å². The number of H-pyrrole nitrogens is 1. The number of aromatic nitrogens is 2. The minimum Gasteiger partial charge on any atom is -1.00 e. The number of hydrogen-bond donors (Lipinski definition) is 1. The first-order valence-corrected chi connectivity index (χ1v) is 15.3. The molecule has 0 saturated carbocycles. The van der Waals surface area contributed by atoms with E-state index in [4.69, 9.17) is 4.98 Å². The number of benzene rings is 4.